The first kappa shape index (κ1) is 13.1. The molecule has 2 N–H and O–H groups in total. The SMILES string of the molecule is CN(CCn1cc(N)cn1)Cc1ccccc1Br. The molecule has 2 rings (SSSR count). The van der Waals surface area contributed by atoms with Gasteiger partial charge in [-0.1, -0.05) is 34.1 Å². The standard InChI is InChI=1S/C13H17BrN4/c1-17(6-7-18-10-12(15)8-16-18)9-11-4-2-3-5-13(11)14/h2-5,8,10H,6-7,9,15H2,1H3. The van der Waals surface area contributed by atoms with E-state index in [1.165, 1.54) is 5.56 Å². The Bertz CT molecular complexity index is 509. The molecule has 96 valence electrons. The van der Waals surface area contributed by atoms with E-state index in [0.29, 0.717) is 5.69 Å². The van der Waals surface area contributed by atoms with E-state index in [1.54, 1.807) is 6.20 Å². The zero-order valence-corrected chi connectivity index (χ0v) is 12.0. The molecular weight excluding hydrogens is 292 g/mol. The second-order valence-corrected chi connectivity index (χ2v) is 5.22. The van der Waals surface area contributed by atoms with E-state index in [2.05, 4.69) is 51.2 Å². The summed E-state index contributed by atoms with van der Waals surface area (Å²) in [6, 6.07) is 8.28. The van der Waals surface area contributed by atoms with Gasteiger partial charge in [-0.2, -0.15) is 5.10 Å². The molecule has 1 heterocycles. The van der Waals surface area contributed by atoms with Crippen molar-refractivity contribution in [2.75, 3.05) is 19.3 Å². The Morgan fingerprint density at radius 1 is 1.39 bits per heavy atom. The minimum atomic E-state index is 0.712. The summed E-state index contributed by atoms with van der Waals surface area (Å²) in [7, 11) is 2.10. The molecule has 0 saturated heterocycles. The Morgan fingerprint density at radius 2 is 2.17 bits per heavy atom. The van der Waals surface area contributed by atoms with Crippen LogP contribution in [0.25, 0.3) is 0 Å². The average Bonchev–Trinajstić information content (AvgIpc) is 2.76. The monoisotopic (exact) mass is 308 g/mol. The van der Waals surface area contributed by atoms with Crippen molar-refractivity contribution in [3.05, 3.63) is 46.7 Å². The van der Waals surface area contributed by atoms with Crippen molar-refractivity contribution in [2.45, 2.75) is 13.1 Å². The number of nitrogens with zero attached hydrogens (tertiary/aromatic N) is 3. The number of nitrogen functional groups attached to an aromatic ring is 1. The molecule has 0 amide bonds. The van der Waals surface area contributed by atoms with Crippen LogP contribution in [-0.4, -0.2) is 28.3 Å². The van der Waals surface area contributed by atoms with Crippen LogP contribution in [0.4, 0.5) is 5.69 Å². The Labute approximate surface area is 116 Å². The van der Waals surface area contributed by atoms with Gasteiger partial charge in [0.25, 0.3) is 0 Å². The maximum atomic E-state index is 5.63. The van der Waals surface area contributed by atoms with E-state index in [4.69, 9.17) is 5.73 Å². The molecule has 0 fully saturated rings. The van der Waals surface area contributed by atoms with E-state index in [1.807, 2.05) is 16.9 Å². The topological polar surface area (TPSA) is 47.1 Å². The maximum Gasteiger partial charge on any atom is 0.0719 e. The van der Waals surface area contributed by atoms with Crippen LogP contribution in [-0.2, 0) is 13.1 Å². The molecule has 0 unspecified atom stereocenters. The summed E-state index contributed by atoms with van der Waals surface area (Å²) in [6.07, 6.45) is 3.53. The van der Waals surface area contributed by atoms with Crippen molar-refractivity contribution in [1.82, 2.24) is 14.7 Å². The third kappa shape index (κ3) is 3.58. The average molecular weight is 309 g/mol. The predicted octanol–water partition coefficient (Wildman–Crippen LogP) is 2.36. The van der Waals surface area contributed by atoms with Crippen LogP contribution in [0.2, 0.25) is 0 Å². The fourth-order valence-corrected chi connectivity index (χ4v) is 2.18. The van der Waals surface area contributed by atoms with Crippen LogP contribution in [0.1, 0.15) is 5.56 Å². The Morgan fingerprint density at radius 3 is 2.83 bits per heavy atom. The van der Waals surface area contributed by atoms with Gasteiger partial charge in [-0.15, -0.1) is 0 Å². The van der Waals surface area contributed by atoms with Crippen LogP contribution in [0.3, 0.4) is 0 Å². The lowest BCUT2D eigenvalue weighted by Gasteiger charge is -2.17. The van der Waals surface area contributed by atoms with Gasteiger partial charge in [0, 0.05) is 23.8 Å². The third-order valence-electron chi connectivity index (χ3n) is 2.76. The second-order valence-electron chi connectivity index (χ2n) is 4.37. The Hall–Kier alpha value is -1.33. The number of hydrogen-bond donors (Lipinski definition) is 1. The lowest BCUT2D eigenvalue weighted by molar-refractivity contribution is 0.305. The largest absolute Gasteiger partial charge is 0.396 e. The van der Waals surface area contributed by atoms with Crippen molar-refractivity contribution in [3.63, 3.8) is 0 Å². The van der Waals surface area contributed by atoms with Gasteiger partial charge in [-0.3, -0.25) is 4.68 Å². The molecule has 1 aromatic heterocycles. The van der Waals surface area contributed by atoms with Crippen molar-refractivity contribution < 1.29 is 0 Å². The molecule has 1 aromatic carbocycles. The fourth-order valence-electron chi connectivity index (χ4n) is 1.77. The first-order valence-electron chi connectivity index (χ1n) is 5.85. The fraction of sp³-hybridized carbons (Fsp3) is 0.308. The molecule has 0 bridgehead atoms. The highest BCUT2D eigenvalue weighted by molar-refractivity contribution is 9.10. The van der Waals surface area contributed by atoms with Crippen LogP contribution in [0, 0.1) is 0 Å². The molecule has 0 spiro atoms. The molecule has 0 aliphatic heterocycles. The van der Waals surface area contributed by atoms with E-state index in [9.17, 15) is 0 Å². The molecule has 0 atom stereocenters. The van der Waals surface area contributed by atoms with Gasteiger partial charge in [0.1, 0.15) is 0 Å². The zero-order valence-electron chi connectivity index (χ0n) is 10.4. The summed E-state index contributed by atoms with van der Waals surface area (Å²) in [5.41, 5.74) is 7.63. The van der Waals surface area contributed by atoms with Crippen LogP contribution >= 0.6 is 15.9 Å². The first-order valence-corrected chi connectivity index (χ1v) is 6.64. The number of benzene rings is 1. The van der Waals surface area contributed by atoms with Gasteiger partial charge in [0.2, 0.25) is 0 Å². The second kappa shape index (κ2) is 6.02. The zero-order chi connectivity index (χ0) is 13.0. The van der Waals surface area contributed by atoms with Gasteiger partial charge in [0.15, 0.2) is 0 Å². The molecule has 0 radical (unpaired) electrons. The summed E-state index contributed by atoms with van der Waals surface area (Å²) in [5.74, 6) is 0. The summed E-state index contributed by atoms with van der Waals surface area (Å²) in [4.78, 5) is 2.26. The summed E-state index contributed by atoms with van der Waals surface area (Å²) in [6.45, 7) is 2.69. The molecule has 2 aromatic rings. The van der Waals surface area contributed by atoms with Gasteiger partial charge in [0.05, 0.1) is 18.4 Å². The van der Waals surface area contributed by atoms with Crippen molar-refractivity contribution in [2.24, 2.45) is 0 Å². The van der Waals surface area contributed by atoms with Gasteiger partial charge in [-0.25, -0.2) is 0 Å². The van der Waals surface area contributed by atoms with Gasteiger partial charge >= 0.3 is 0 Å². The molecule has 18 heavy (non-hydrogen) atoms. The minimum Gasteiger partial charge on any atom is -0.396 e. The van der Waals surface area contributed by atoms with Crippen molar-refractivity contribution in [1.29, 1.82) is 0 Å². The number of likely N-dealkylation sites (N-methyl/N-ethyl adjacent to an activating group) is 1. The summed E-state index contributed by atoms with van der Waals surface area (Å²) >= 11 is 3.56. The van der Waals surface area contributed by atoms with Gasteiger partial charge < -0.3 is 10.6 Å². The third-order valence-corrected chi connectivity index (χ3v) is 3.54. The minimum absolute atomic E-state index is 0.712. The summed E-state index contributed by atoms with van der Waals surface area (Å²) in [5, 5.41) is 4.17. The van der Waals surface area contributed by atoms with Gasteiger partial charge in [-0.05, 0) is 18.7 Å². The predicted molar refractivity (Wildman–Crippen MR) is 77.1 cm³/mol. The first-order chi connectivity index (χ1) is 8.65. The lowest BCUT2D eigenvalue weighted by atomic mass is 10.2. The molecule has 0 aliphatic rings. The maximum absolute atomic E-state index is 5.63. The van der Waals surface area contributed by atoms with Crippen molar-refractivity contribution in [3.8, 4) is 0 Å². The number of aromatic nitrogens is 2. The van der Waals surface area contributed by atoms with E-state index in [-0.39, 0.29) is 0 Å². The van der Waals surface area contributed by atoms with E-state index >= 15 is 0 Å². The highest BCUT2D eigenvalue weighted by Gasteiger charge is 2.04. The smallest absolute Gasteiger partial charge is 0.0719 e. The molecular formula is C13H17BrN4. The molecule has 0 aliphatic carbocycles. The Balaban J connectivity index is 1.85. The van der Waals surface area contributed by atoms with E-state index in [0.717, 1.165) is 24.1 Å². The Kier molecular flexibility index (Phi) is 4.38. The highest BCUT2D eigenvalue weighted by Crippen LogP contribution is 2.17. The number of halogens is 1. The summed E-state index contributed by atoms with van der Waals surface area (Å²) < 4.78 is 3.02. The molecule has 0 saturated carbocycles. The van der Waals surface area contributed by atoms with E-state index < -0.39 is 0 Å². The highest BCUT2D eigenvalue weighted by atomic mass is 79.9. The number of nitrogens with two attached hydrogens (primary N) is 1. The quantitative estimate of drug-likeness (QED) is 0.922. The number of rotatable bonds is 5. The van der Waals surface area contributed by atoms with Crippen LogP contribution in [0.15, 0.2) is 41.1 Å². The molecule has 4 nitrogen and oxygen atoms in total. The molecule has 5 heteroatoms. The van der Waals surface area contributed by atoms with Crippen molar-refractivity contribution >= 4 is 21.6 Å². The lowest BCUT2D eigenvalue weighted by Crippen LogP contribution is -2.23. The normalized spacial score (nSPS) is 11.1. The number of hydrogen-bond acceptors (Lipinski definition) is 3. The van der Waals surface area contributed by atoms with Crippen LogP contribution < -0.4 is 5.73 Å². The number of anilines is 1. The van der Waals surface area contributed by atoms with Crippen LogP contribution in [0.5, 0.6) is 0 Å².